The van der Waals surface area contributed by atoms with E-state index < -0.39 is 0 Å². The van der Waals surface area contributed by atoms with Crippen molar-refractivity contribution in [2.45, 2.75) is 13.0 Å². The summed E-state index contributed by atoms with van der Waals surface area (Å²) >= 11 is 3.50. The van der Waals surface area contributed by atoms with Gasteiger partial charge in [-0.05, 0) is 57.7 Å². The molecule has 0 bridgehead atoms. The molecule has 2 N–H and O–H groups in total. The van der Waals surface area contributed by atoms with Crippen LogP contribution in [0, 0.1) is 0 Å². The zero-order chi connectivity index (χ0) is 18.4. The smallest absolute Gasteiger partial charge is 0.231 e. The predicted octanol–water partition coefficient (Wildman–Crippen LogP) is 3.09. The van der Waals surface area contributed by atoms with Gasteiger partial charge in [-0.3, -0.25) is 4.99 Å². The normalized spacial score (nSPS) is 12.8. The minimum Gasteiger partial charge on any atom is -0.496 e. The van der Waals surface area contributed by atoms with Gasteiger partial charge < -0.3 is 24.8 Å². The number of aliphatic imine (C=N–C) groups is 1. The number of fused-ring (bicyclic) bond motifs is 1. The van der Waals surface area contributed by atoms with Crippen LogP contribution in [0.2, 0.25) is 0 Å². The first kappa shape index (κ1) is 18.4. The lowest BCUT2D eigenvalue weighted by atomic mass is 10.1. The number of ether oxygens (including phenoxy) is 3. The Bertz CT molecular complexity index is 796. The number of hydrogen-bond donors (Lipinski definition) is 2. The van der Waals surface area contributed by atoms with Gasteiger partial charge in [0.2, 0.25) is 6.79 Å². The highest BCUT2D eigenvalue weighted by atomic mass is 79.9. The Labute approximate surface area is 161 Å². The van der Waals surface area contributed by atoms with Gasteiger partial charge in [0, 0.05) is 20.1 Å². The molecular formula is C19H22BrN3O3. The highest BCUT2D eigenvalue weighted by Gasteiger charge is 2.13. The van der Waals surface area contributed by atoms with Gasteiger partial charge in [0.15, 0.2) is 17.5 Å². The second-order valence-corrected chi connectivity index (χ2v) is 6.61. The van der Waals surface area contributed by atoms with Crippen molar-refractivity contribution in [3.8, 4) is 17.2 Å². The van der Waals surface area contributed by atoms with Gasteiger partial charge in [0.05, 0.1) is 11.6 Å². The molecule has 0 unspecified atom stereocenters. The van der Waals surface area contributed by atoms with Gasteiger partial charge in [0.25, 0.3) is 0 Å². The monoisotopic (exact) mass is 419 g/mol. The molecule has 0 saturated carbocycles. The summed E-state index contributed by atoms with van der Waals surface area (Å²) in [5.74, 6) is 3.21. The van der Waals surface area contributed by atoms with Crippen molar-refractivity contribution in [2.24, 2.45) is 4.99 Å². The van der Waals surface area contributed by atoms with E-state index in [1.165, 1.54) is 5.56 Å². The highest BCUT2D eigenvalue weighted by Crippen LogP contribution is 2.32. The number of benzene rings is 2. The summed E-state index contributed by atoms with van der Waals surface area (Å²) in [6.45, 7) is 1.74. The van der Waals surface area contributed by atoms with Crippen LogP contribution < -0.4 is 24.8 Å². The molecule has 0 fully saturated rings. The third kappa shape index (κ3) is 4.60. The second-order valence-electron chi connectivity index (χ2n) is 5.76. The molecular weight excluding hydrogens is 398 g/mol. The second kappa shape index (κ2) is 8.80. The molecule has 1 heterocycles. The minimum absolute atomic E-state index is 0.301. The Morgan fingerprint density at radius 1 is 1.12 bits per heavy atom. The number of nitrogens with zero attached hydrogens (tertiary/aromatic N) is 1. The van der Waals surface area contributed by atoms with E-state index in [0.29, 0.717) is 13.3 Å². The van der Waals surface area contributed by atoms with Gasteiger partial charge in [-0.25, -0.2) is 0 Å². The van der Waals surface area contributed by atoms with Crippen molar-refractivity contribution in [3.05, 3.63) is 52.0 Å². The van der Waals surface area contributed by atoms with E-state index in [1.54, 1.807) is 14.2 Å². The van der Waals surface area contributed by atoms with Crippen molar-refractivity contribution in [1.29, 1.82) is 0 Å². The molecule has 26 heavy (non-hydrogen) atoms. The maximum absolute atomic E-state index is 5.41. The van der Waals surface area contributed by atoms with Gasteiger partial charge in [-0.2, -0.15) is 0 Å². The summed E-state index contributed by atoms with van der Waals surface area (Å²) in [5, 5.41) is 6.63. The molecule has 3 rings (SSSR count). The van der Waals surface area contributed by atoms with Crippen molar-refractivity contribution in [3.63, 3.8) is 0 Å². The summed E-state index contributed by atoms with van der Waals surface area (Å²) in [4.78, 5) is 4.26. The number of rotatable bonds is 6. The molecule has 1 aliphatic rings. The molecule has 0 amide bonds. The van der Waals surface area contributed by atoms with Crippen LogP contribution in [-0.2, 0) is 13.0 Å². The SMILES string of the molecule is CN=C(NCCc1ccc2c(c1)OCO2)NCc1ccc(OC)c(Br)c1. The van der Waals surface area contributed by atoms with Crippen LogP contribution in [0.1, 0.15) is 11.1 Å². The van der Waals surface area contributed by atoms with Crippen molar-refractivity contribution in [1.82, 2.24) is 10.6 Å². The van der Waals surface area contributed by atoms with Gasteiger partial charge in [-0.15, -0.1) is 0 Å². The van der Waals surface area contributed by atoms with Gasteiger partial charge in [-0.1, -0.05) is 12.1 Å². The van der Waals surface area contributed by atoms with E-state index in [4.69, 9.17) is 14.2 Å². The summed E-state index contributed by atoms with van der Waals surface area (Å²) in [6, 6.07) is 12.0. The lowest BCUT2D eigenvalue weighted by molar-refractivity contribution is 0.174. The van der Waals surface area contributed by atoms with Crippen LogP contribution in [0.4, 0.5) is 0 Å². The van der Waals surface area contributed by atoms with Crippen LogP contribution in [0.3, 0.4) is 0 Å². The summed E-state index contributed by atoms with van der Waals surface area (Å²) in [5.41, 5.74) is 2.33. The standard InChI is InChI=1S/C19H22BrN3O3/c1-21-19(23-11-14-4-5-16(24-2)15(20)9-14)22-8-7-13-3-6-17-18(10-13)26-12-25-17/h3-6,9-10H,7-8,11-12H2,1-2H3,(H2,21,22,23). The maximum Gasteiger partial charge on any atom is 0.231 e. The fourth-order valence-electron chi connectivity index (χ4n) is 2.65. The summed E-state index contributed by atoms with van der Waals surface area (Å²) < 4.78 is 16.9. The van der Waals surface area contributed by atoms with Gasteiger partial charge >= 0.3 is 0 Å². The average molecular weight is 420 g/mol. The molecule has 7 heteroatoms. The number of nitrogens with one attached hydrogen (secondary N) is 2. The Morgan fingerprint density at radius 2 is 1.92 bits per heavy atom. The maximum atomic E-state index is 5.41. The van der Waals surface area contributed by atoms with Crippen LogP contribution in [0.5, 0.6) is 17.2 Å². The largest absolute Gasteiger partial charge is 0.496 e. The molecule has 0 radical (unpaired) electrons. The van der Waals surface area contributed by atoms with Crippen LogP contribution >= 0.6 is 15.9 Å². The average Bonchev–Trinajstić information content (AvgIpc) is 3.12. The number of methoxy groups -OCH3 is 1. The molecule has 2 aromatic carbocycles. The molecule has 2 aromatic rings. The Morgan fingerprint density at radius 3 is 2.69 bits per heavy atom. The van der Waals surface area contributed by atoms with Crippen molar-refractivity contribution >= 4 is 21.9 Å². The van der Waals surface area contributed by atoms with Crippen molar-refractivity contribution < 1.29 is 14.2 Å². The summed E-state index contributed by atoms with van der Waals surface area (Å²) in [7, 11) is 3.42. The van der Waals surface area contributed by atoms with Gasteiger partial charge in [0.1, 0.15) is 5.75 Å². The molecule has 0 saturated heterocycles. The first-order valence-corrected chi connectivity index (χ1v) is 9.14. The number of guanidine groups is 1. The topological polar surface area (TPSA) is 64.1 Å². The third-order valence-electron chi connectivity index (χ3n) is 4.04. The molecule has 138 valence electrons. The zero-order valence-corrected chi connectivity index (χ0v) is 16.4. The minimum atomic E-state index is 0.301. The quantitative estimate of drug-likeness (QED) is 0.556. The molecule has 1 aliphatic heterocycles. The van der Waals surface area contributed by atoms with E-state index >= 15 is 0 Å². The number of hydrogen-bond acceptors (Lipinski definition) is 4. The lowest BCUT2D eigenvalue weighted by Gasteiger charge is -2.13. The van der Waals surface area contributed by atoms with Crippen LogP contribution in [0.15, 0.2) is 45.9 Å². The van der Waals surface area contributed by atoms with E-state index in [9.17, 15) is 0 Å². The Hall–Kier alpha value is -2.41. The third-order valence-corrected chi connectivity index (χ3v) is 4.66. The van der Waals surface area contributed by atoms with E-state index in [0.717, 1.165) is 46.2 Å². The number of halogens is 1. The first-order valence-electron chi connectivity index (χ1n) is 8.35. The van der Waals surface area contributed by atoms with Crippen molar-refractivity contribution in [2.75, 3.05) is 27.5 Å². The molecule has 0 atom stereocenters. The Balaban J connectivity index is 1.47. The van der Waals surface area contributed by atoms with E-state index in [1.807, 2.05) is 30.3 Å². The van der Waals surface area contributed by atoms with E-state index in [-0.39, 0.29) is 0 Å². The first-order chi connectivity index (χ1) is 12.7. The fourth-order valence-corrected chi connectivity index (χ4v) is 3.24. The highest BCUT2D eigenvalue weighted by molar-refractivity contribution is 9.10. The predicted molar refractivity (Wildman–Crippen MR) is 105 cm³/mol. The van der Waals surface area contributed by atoms with Crippen LogP contribution in [0.25, 0.3) is 0 Å². The zero-order valence-electron chi connectivity index (χ0n) is 14.8. The molecule has 6 nitrogen and oxygen atoms in total. The molecule has 0 aromatic heterocycles. The Kier molecular flexibility index (Phi) is 6.22. The molecule has 0 spiro atoms. The summed E-state index contributed by atoms with van der Waals surface area (Å²) in [6.07, 6.45) is 0.866. The lowest BCUT2D eigenvalue weighted by Crippen LogP contribution is -2.37. The fraction of sp³-hybridized carbons (Fsp3) is 0.316. The van der Waals surface area contributed by atoms with E-state index in [2.05, 4.69) is 37.6 Å². The van der Waals surface area contributed by atoms with Crippen LogP contribution in [-0.4, -0.2) is 33.5 Å². The molecule has 0 aliphatic carbocycles.